The van der Waals surface area contributed by atoms with Crippen molar-refractivity contribution in [2.75, 3.05) is 26.3 Å². The van der Waals surface area contributed by atoms with Gasteiger partial charge in [-0.15, -0.1) is 0 Å². The zero-order valence-electron chi connectivity index (χ0n) is 17.6. The highest BCUT2D eigenvalue weighted by molar-refractivity contribution is 6.04. The van der Waals surface area contributed by atoms with E-state index in [1.165, 1.54) is 0 Å². The third-order valence-electron chi connectivity index (χ3n) is 6.66. The maximum Gasteiger partial charge on any atom is 0.274 e. The Bertz CT molecular complexity index is 1030. The minimum atomic E-state index is -0.109. The summed E-state index contributed by atoms with van der Waals surface area (Å²) < 4.78 is 12.1. The van der Waals surface area contributed by atoms with Crippen LogP contribution in [0.25, 0.3) is 10.9 Å². The molecule has 1 N–H and O–H groups in total. The first-order valence-electron chi connectivity index (χ1n) is 11.1. The first-order valence-corrected chi connectivity index (χ1v) is 11.1. The van der Waals surface area contributed by atoms with E-state index in [2.05, 4.69) is 15.2 Å². The van der Waals surface area contributed by atoms with Crippen molar-refractivity contribution < 1.29 is 14.3 Å². The van der Waals surface area contributed by atoms with E-state index < -0.39 is 0 Å². The van der Waals surface area contributed by atoms with Crippen molar-refractivity contribution in [1.82, 2.24) is 20.1 Å². The van der Waals surface area contributed by atoms with Crippen molar-refractivity contribution >= 4 is 16.8 Å². The number of H-pyrrole nitrogens is 1. The highest BCUT2D eigenvalue weighted by Gasteiger charge is 2.41. The van der Waals surface area contributed by atoms with E-state index in [0.717, 1.165) is 55.4 Å². The predicted molar refractivity (Wildman–Crippen MR) is 117 cm³/mol. The number of hydrogen-bond acceptors (Lipinski definition) is 5. The van der Waals surface area contributed by atoms with Crippen LogP contribution in [0.2, 0.25) is 0 Å². The Morgan fingerprint density at radius 3 is 2.94 bits per heavy atom. The van der Waals surface area contributed by atoms with E-state index in [4.69, 9.17) is 9.47 Å². The van der Waals surface area contributed by atoms with Gasteiger partial charge in [-0.2, -0.15) is 5.10 Å². The molecule has 2 aliphatic heterocycles. The molecule has 2 fully saturated rings. The number of rotatable bonds is 5. The zero-order chi connectivity index (χ0) is 21.1. The lowest BCUT2D eigenvalue weighted by Gasteiger charge is -2.46. The van der Waals surface area contributed by atoms with Crippen LogP contribution in [0.4, 0.5) is 0 Å². The van der Waals surface area contributed by atoms with Crippen LogP contribution >= 0.6 is 0 Å². The van der Waals surface area contributed by atoms with Gasteiger partial charge in [-0.1, -0.05) is 18.2 Å². The lowest BCUT2D eigenvalue weighted by molar-refractivity contribution is -0.125. The minimum Gasteiger partial charge on any atom is -0.492 e. The van der Waals surface area contributed by atoms with Crippen LogP contribution in [-0.4, -0.2) is 57.9 Å². The molecule has 7 nitrogen and oxygen atoms in total. The summed E-state index contributed by atoms with van der Waals surface area (Å²) in [5.74, 6) is 1.41. The van der Waals surface area contributed by atoms with Gasteiger partial charge in [0.15, 0.2) is 5.69 Å². The number of nitrogens with one attached hydrogen (secondary N) is 1. The molecule has 0 bridgehead atoms. The first kappa shape index (κ1) is 20.0. The third kappa shape index (κ3) is 4.28. The smallest absolute Gasteiger partial charge is 0.274 e. The molecule has 4 heterocycles. The predicted octanol–water partition coefficient (Wildman–Crippen LogP) is 3.83. The molecule has 2 aromatic heterocycles. The van der Waals surface area contributed by atoms with E-state index in [-0.39, 0.29) is 11.5 Å². The Morgan fingerprint density at radius 2 is 2.10 bits per heavy atom. The number of likely N-dealkylation sites (tertiary alicyclic amines) is 1. The number of nitrogens with zero attached hydrogens (tertiary/aromatic N) is 3. The van der Waals surface area contributed by atoms with Gasteiger partial charge >= 0.3 is 0 Å². The van der Waals surface area contributed by atoms with Gasteiger partial charge in [0, 0.05) is 31.3 Å². The second-order valence-corrected chi connectivity index (χ2v) is 8.63. The molecule has 1 spiro atoms. The summed E-state index contributed by atoms with van der Waals surface area (Å²) in [6.07, 6.45) is 8.38. The van der Waals surface area contributed by atoms with Gasteiger partial charge < -0.3 is 14.4 Å². The van der Waals surface area contributed by atoms with E-state index in [9.17, 15) is 4.79 Å². The van der Waals surface area contributed by atoms with Gasteiger partial charge in [0.2, 0.25) is 0 Å². The number of piperidine rings is 1. The molecule has 3 aromatic rings. The van der Waals surface area contributed by atoms with Crippen LogP contribution in [0.5, 0.6) is 5.75 Å². The lowest BCUT2D eigenvalue weighted by Crippen LogP contribution is -2.51. The Balaban J connectivity index is 1.16. The number of hydrogen-bond donors (Lipinski definition) is 1. The average molecular weight is 421 g/mol. The van der Waals surface area contributed by atoms with Gasteiger partial charge in [0.25, 0.3) is 5.91 Å². The van der Waals surface area contributed by atoms with Gasteiger partial charge in [-0.3, -0.25) is 14.9 Å². The second-order valence-electron chi connectivity index (χ2n) is 8.63. The monoisotopic (exact) mass is 420 g/mol. The zero-order valence-corrected chi connectivity index (χ0v) is 17.6. The van der Waals surface area contributed by atoms with Gasteiger partial charge in [0.1, 0.15) is 5.75 Å². The highest BCUT2D eigenvalue weighted by atomic mass is 16.5. The van der Waals surface area contributed by atoms with E-state index in [0.29, 0.717) is 31.3 Å². The molecule has 162 valence electrons. The quantitative estimate of drug-likeness (QED) is 0.679. The van der Waals surface area contributed by atoms with Crippen LogP contribution in [0, 0.1) is 5.92 Å². The van der Waals surface area contributed by atoms with Crippen molar-refractivity contribution in [2.45, 2.75) is 37.7 Å². The number of aromatic nitrogens is 3. The van der Waals surface area contributed by atoms with Crippen LogP contribution in [0.15, 0.2) is 48.8 Å². The topological polar surface area (TPSA) is 80.3 Å². The summed E-state index contributed by atoms with van der Waals surface area (Å²) in [5.41, 5.74) is 1.30. The van der Waals surface area contributed by atoms with Crippen LogP contribution in [-0.2, 0) is 4.74 Å². The largest absolute Gasteiger partial charge is 0.492 e. The number of aromatic amines is 1. The van der Waals surface area contributed by atoms with Crippen molar-refractivity contribution in [3.8, 4) is 5.75 Å². The summed E-state index contributed by atoms with van der Waals surface area (Å²) in [7, 11) is 0. The molecule has 7 heteroatoms. The molecule has 1 amide bonds. The van der Waals surface area contributed by atoms with Gasteiger partial charge in [0.05, 0.1) is 23.9 Å². The average Bonchev–Trinajstić information content (AvgIpc) is 3.24. The number of carbonyl (C=O) groups is 1. The fourth-order valence-electron chi connectivity index (χ4n) is 4.89. The van der Waals surface area contributed by atoms with Crippen LogP contribution < -0.4 is 4.74 Å². The fourth-order valence-corrected chi connectivity index (χ4v) is 4.89. The Morgan fingerprint density at radius 1 is 1.23 bits per heavy atom. The van der Waals surface area contributed by atoms with Gasteiger partial charge in [-0.25, -0.2) is 0 Å². The number of benzene rings is 1. The molecule has 1 aromatic carbocycles. The number of para-hydroxylation sites is 1. The molecular weight excluding hydrogens is 392 g/mol. The second kappa shape index (κ2) is 8.67. The van der Waals surface area contributed by atoms with Crippen molar-refractivity contribution in [1.29, 1.82) is 0 Å². The number of amides is 1. The van der Waals surface area contributed by atoms with E-state index >= 15 is 0 Å². The molecule has 2 aliphatic rings. The molecule has 0 aliphatic carbocycles. The first-order chi connectivity index (χ1) is 15.2. The summed E-state index contributed by atoms with van der Waals surface area (Å²) in [6.45, 7) is 2.90. The summed E-state index contributed by atoms with van der Waals surface area (Å²) in [6, 6.07) is 11.6. The molecule has 1 unspecified atom stereocenters. The fraction of sp³-hybridized carbons (Fsp3) is 0.458. The van der Waals surface area contributed by atoms with Crippen LogP contribution in [0.1, 0.15) is 42.6 Å². The molecule has 0 radical (unpaired) electrons. The normalized spacial score (nSPS) is 20.8. The summed E-state index contributed by atoms with van der Waals surface area (Å²) >= 11 is 0. The minimum absolute atomic E-state index is 0.00419. The molecular formula is C24H28N4O3. The van der Waals surface area contributed by atoms with E-state index in [1.807, 2.05) is 41.3 Å². The molecule has 31 heavy (non-hydrogen) atoms. The Kier molecular flexibility index (Phi) is 5.59. The summed E-state index contributed by atoms with van der Waals surface area (Å²) in [4.78, 5) is 19.1. The Labute approximate surface area is 181 Å². The lowest BCUT2D eigenvalue weighted by atomic mass is 9.78. The highest BCUT2D eigenvalue weighted by Crippen LogP contribution is 2.39. The van der Waals surface area contributed by atoms with Gasteiger partial charge in [-0.05, 0) is 56.2 Å². The number of ether oxygens (including phenoxy) is 2. The van der Waals surface area contributed by atoms with Crippen LogP contribution in [0.3, 0.4) is 0 Å². The van der Waals surface area contributed by atoms with E-state index in [1.54, 1.807) is 12.4 Å². The SMILES string of the molecule is O=C(c1n[nH]c2ccccc12)N1CCC2(CC1)CC(CCOc1cccnc1)CCO2. The molecule has 0 saturated carbocycles. The molecule has 2 saturated heterocycles. The maximum atomic E-state index is 13.1. The number of pyridine rings is 1. The van der Waals surface area contributed by atoms with Crippen molar-refractivity contribution in [2.24, 2.45) is 5.92 Å². The third-order valence-corrected chi connectivity index (χ3v) is 6.66. The van der Waals surface area contributed by atoms with Crippen molar-refractivity contribution in [3.63, 3.8) is 0 Å². The van der Waals surface area contributed by atoms with Crippen molar-refractivity contribution in [3.05, 3.63) is 54.5 Å². The Hall–Kier alpha value is -2.93. The summed E-state index contributed by atoms with van der Waals surface area (Å²) in [5, 5.41) is 8.13. The number of carbonyl (C=O) groups excluding carboxylic acids is 1. The standard InChI is InChI=1S/C24H28N4O3/c29-23(22-20-5-1-2-6-21(20)26-27-22)28-12-9-24(10-13-28)16-18(8-15-31-24)7-14-30-19-4-3-11-25-17-19/h1-6,11,17-18H,7-10,12-16H2,(H,26,27). The molecule has 1 atom stereocenters. The molecule has 5 rings (SSSR count). The maximum absolute atomic E-state index is 13.1. The number of fused-ring (bicyclic) bond motifs is 1.